The van der Waals surface area contributed by atoms with Gasteiger partial charge in [-0.05, 0) is 36.4 Å². The lowest BCUT2D eigenvalue weighted by Crippen LogP contribution is -2.30. The van der Waals surface area contributed by atoms with Crippen molar-refractivity contribution < 1.29 is 18.3 Å². The molecular formula is C24H22N6O4S. The molecular weight excluding hydrogens is 468 g/mol. The smallest absolute Gasteiger partial charge is 0.322 e. The first-order valence-electron chi connectivity index (χ1n) is 10.6. The Morgan fingerprint density at radius 1 is 0.943 bits per heavy atom. The minimum absolute atomic E-state index is 0.0220. The van der Waals surface area contributed by atoms with E-state index >= 15 is 0 Å². The van der Waals surface area contributed by atoms with Crippen LogP contribution in [0, 0.1) is 0 Å². The van der Waals surface area contributed by atoms with E-state index in [2.05, 4.69) is 30.8 Å². The molecule has 0 saturated heterocycles. The Morgan fingerprint density at radius 3 is 2.46 bits per heavy atom. The summed E-state index contributed by atoms with van der Waals surface area (Å²) in [5.41, 5.74) is 2.36. The number of aromatic nitrogens is 4. The molecule has 3 heterocycles. The van der Waals surface area contributed by atoms with Crippen LogP contribution in [0.25, 0.3) is 11.3 Å². The van der Waals surface area contributed by atoms with E-state index in [9.17, 15) is 13.2 Å². The summed E-state index contributed by atoms with van der Waals surface area (Å²) in [6.45, 7) is -0.256. The summed E-state index contributed by atoms with van der Waals surface area (Å²) in [6, 6.07) is 20.9. The first-order valence-corrected chi connectivity index (χ1v) is 12.2. The van der Waals surface area contributed by atoms with Gasteiger partial charge in [-0.1, -0.05) is 36.4 Å². The van der Waals surface area contributed by atoms with Crippen molar-refractivity contribution in [2.24, 2.45) is 0 Å². The van der Waals surface area contributed by atoms with Gasteiger partial charge in [0, 0.05) is 24.5 Å². The number of nitrogens with zero attached hydrogens (tertiary/aromatic N) is 4. The third-order valence-corrected chi connectivity index (χ3v) is 6.92. The van der Waals surface area contributed by atoms with E-state index in [4.69, 9.17) is 5.11 Å². The molecule has 0 saturated carbocycles. The summed E-state index contributed by atoms with van der Waals surface area (Å²) in [4.78, 5) is 19.2. The van der Waals surface area contributed by atoms with Gasteiger partial charge in [0.15, 0.2) is 5.37 Å². The number of carbonyl (C=O) groups is 1. The Bertz CT molecular complexity index is 1380. The second-order valence-corrected chi connectivity index (χ2v) is 9.50. The van der Waals surface area contributed by atoms with Gasteiger partial charge in [-0.2, -0.15) is 10.2 Å². The molecule has 178 valence electrons. The molecule has 0 aliphatic heterocycles. The van der Waals surface area contributed by atoms with Crippen molar-refractivity contribution in [2.45, 2.75) is 16.8 Å². The van der Waals surface area contributed by atoms with E-state index in [-0.39, 0.29) is 29.5 Å². The van der Waals surface area contributed by atoms with Crippen molar-refractivity contribution in [3.63, 3.8) is 0 Å². The number of aliphatic carboxylic acids is 1. The number of hydrogen-bond acceptors (Lipinski definition) is 9. The predicted octanol–water partition coefficient (Wildman–Crippen LogP) is 2.69. The van der Waals surface area contributed by atoms with E-state index in [1.807, 2.05) is 36.4 Å². The van der Waals surface area contributed by atoms with Gasteiger partial charge in [-0.3, -0.25) is 15.1 Å². The lowest BCUT2D eigenvalue weighted by Gasteiger charge is -2.19. The van der Waals surface area contributed by atoms with Gasteiger partial charge in [0.1, 0.15) is 12.4 Å². The molecule has 0 spiro atoms. The maximum Gasteiger partial charge on any atom is 0.322 e. The summed E-state index contributed by atoms with van der Waals surface area (Å²) in [5.74, 6) is -0.822. The zero-order chi connectivity index (χ0) is 24.7. The van der Waals surface area contributed by atoms with Crippen LogP contribution in [0.4, 0.5) is 5.82 Å². The van der Waals surface area contributed by atoms with Crippen molar-refractivity contribution in [3.8, 4) is 11.3 Å². The van der Waals surface area contributed by atoms with Crippen LogP contribution < -0.4 is 10.6 Å². The Hall–Kier alpha value is -4.22. The average molecular weight is 491 g/mol. The van der Waals surface area contributed by atoms with Crippen LogP contribution in [-0.4, -0.2) is 46.2 Å². The average Bonchev–Trinajstić information content (AvgIpc) is 2.89. The molecule has 11 heteroatoms. The Labute approximate surface area is 202 Å². The van der Waals surface area contributed by atoms with Crippen LogP contribution in [0.3, 0.4) is 0 Å². The van der Waals surface area contributed by atoms with Gasteiger partial charge in [0.25, 0.3) is 0 Å². The lowest BCUT2D eigenvalue weighted by atomic mass is 10.1. The van der Waals surface area contributed by atoms with E-state index in [0.29, 0.717) is 11.4 Å². The highest BCUT2D eigenvalue weighted by molar-refractivity contribution is 7.91. The van der Waals surface area contributed by atoms with E-state index in [0.717, 1.165) is 5.56 Å². The number of anilines is 1. The van der Waals surface area contributed by atoms with E-state index in [1.165, 1.54) is 24.5 Å². The number of pyridine rings is 2. The third-order valence-electron chi connectivity index (χ3n) is 4.99. The molecule has 0 aliphatic carbocycles. The molecule has 35 heavy (non-hydrogen) atoms. The fraction of sp³-hybridized carbons (Fsp3) is 0.125. The summed E-state index contributed by atoms with van der Waals surface area (Å²) in [7, 11) is -3.95. The summed E-state index contributed by atoms with van der Waals surface area (Å²) in [5, 5.41) is 21.8. The van der Waals surface area contributed by atoms with Gasteiger partial charge in [-0.15, -0.1) is 0 Å². The largest absolute Gasteiger partial charge is 0.480 e. The van der Waals surface area contributed by atoms with Gasteiger partial charge >= 0.3 is 5.97 Å². The molecule has 3 aromatic heterocycles. The monoisotopic (exact) mass is 490 g/mol. The fourth-order valence-corrected chi connectivity index (χ4v) is 4.80. The number of rotatable bonds is 10. The number of nitrogens with one attached hydrogen (secondary N) is 2. The van der Waals surface area contributed by atoms with Crippen LogP contribution in [0.5, 0.6) is 0 Å². The minimum Gasteiger partial charge on any atom is -0.480 e. The number of hydrogen-bond donors (Lipinski definition) is 3. The Kier molecular flexibility index (Phi) is 7.38. The number of carboxylic acids is 1. The first-order chi connectivity index (χ1) is 16.9. The maximum atomic E-state index is 13.5. The fourth-order valence-electron chi connectivity index (χ4n) is 3.30. The van der Waals surface area contributed by atoms with Crippen LogP contribution in [-0.2, 0) is 21.2 Å². The van der Waals surface area contributed by atoms with E-state index in [1.54, 1.807) is 24.3 Å². The molecule has 3 N–H and O–H groups in total. The zero-order valence-electron chi connectivity index (χ0n) is 18.4. The zero-order valence-corrected chi connectivity index (χ0v) is 19.3. The summed E-state index contributed by atoms with van der Waals surface area (Å²) >= 11 is 0. The van der Waals surface area contributed by atoms with Crippen LogP contribution in [0.2, 0.25) is 0 Å². The van der Waals surface area contributed by atoms with Gasteiger partial charge in [0.2, 0.25) is 9.84 Å². The maximum absolute atomic E-state index is 13.5. The quantitative estimate of drug-likeness (QED) is 0.303. The van der Waals surface area contributed by atoms with Crippen molar-refractivity contribution in [1.29, 1.82) is 0 Å². The predicted molar refractivity (Wildman–Crippen MR) is 129 cm³/mol. The molecule has 4 rings (SSSR count). The van der Waals surface area contributed by atoms with Gasteiger partial charge in [-0.25, -0.2) is 13.4 Å². The third kappa shape index (κ3) is 6.02. The standard InChI is InChI=1S/C24H22N6O4S/c31-23(32)16-26-22-10-4-9-21(28-22)24(35(33,34)19-8-5-13-25-15-19)27-14-18-11-12-20(30-29-18)17-6-2-1-3-7-17/h1-13,15,24,27H,14,16H2,(H,26,28)(H,31,32). The van der Waals surface area contributed by atoms with Crippen molar-refractivity contribution in [3.05, 3.63) is 96.6 Å². The molecule has 1 aromatic carbocycles. The molecule has 4 aromatic rings. The topological polar surface area (TPSA) is 147 Å². The van der Waals surface area contributed by atoms with Crippen LogP contribution in [0.1, 0.15) is 16.8 Å². The Balaban J connectivity index is 1.60. The molecule has 1 atom stereocenters. The summed E-state index contributed by atoms with van der Waals surface area (Å²) < 4.78 is 27.0. The second kappa shape index (κ2) is 10.8. The second-order valence-electron chi connectivity index (χ2n) is 7.47. The molecule has 0 radical (unpaired) electrons. The number of benzene rings is 1. The molecule has 0 aliphatic rings. The molecule has 0 bridgehead atoms. The SMILES string of the molecule is O=C(O)CNc1cccc(C(NCc2ccc(-c3ccccc3)nn2)S(=O)(=O)c2cccnc2)n1. The normalized spacial score (nSPS) is 12.1. The van der Waals surface area contributed by atoms with Crippen LogP contribution in [0.15, 0.2) is 90.1 Å². The van der Waals surface area contributed by atoms with Gasteiger partial charge < -0.3 is 10.4 Å². The minimum atomic E-state index is -3.95. The molecule has 0 fully saturated rings. The van der Waals surface area contributed by atoms with E-state index < -0.39 is 21.2 Å². The molecule has 10 nitrogen and oxygen atoms in total. The van der Waals surface area contributed by atoms with Crippen molar-refractivity contribution in [1.82, 2.24) is 25.5 Å². The number of carboxylic acid groups (broad SMARTS) is 1. The lowest BCUT2D eigenvalue weighted by molar-refractivity contribution is -0.134. The van der Waals surface area contributed by atoms with Gasteiger partial charge in [0.05, 0.1) is 22.0 Å². The first kappa shape index (κ1) is 23.9. The molecule has 1 unspecified atom stereocenters. The Morgan fingerprint density at radius 2 is 1.77 bits per heavy atom. The van der Waals surface area contributed by atoms with Crippen LogP contribution >= 0.6 is 0 Å². The highest BCUT2D eigenvalue weighted by atomic mass is 32.2. The van der Waals surface area contributed by atoms with Crippen molar-refractivity contribution in [2.75, 3.05) is 11.9 Å². The molecule has 0 amide bonds. The highest BCUT2D eigenvalue weighted by Crippen LogP contribution is 2.26. The highest BCUT2D eigenvalue weighted by Gasteiger charge is 2.30. The summed E-state index contributed by atoms with van der Waals surface area (Å²) in [6.07, 6.45) is 2.75. The van der Waals surface area contributed by atoms with Crippen molar-refractivity contribution >= 4 is 21.6 Å². The number of sulfone groups is 1.